The minimum atomic E-state index is -0.750. The van der Waals surface area contributed by atoms with E-state index in [-0.39, 0.29) is 34.7 Å². The van der Waals surface area contributed by atoms with Crippen LogP contribution in [-0.2, 0) is 28.8 Å². The highest BCUT2D eigenvalue weighted by molar-refractivity contribution is 7.51. The van der Waals surface area contributed by atoms with E-state index in [0.29, 0.717) is 80.6 Å². The first-order valence-corrected chi connectivity index (χ1v) is 21.5. The molecule has 1 amide bonds. The van der Waals surface area contributed by atoms with E-state index >= 15 is 0 Å². The molecule has 1 aromatic carbocycles. The van der Waals surface area contributed by atoms with Gasteiger partial charge in [0.1, 0.15) is 29.6 Å². The van der Waals surface area contributed by atoms with Crippen LogP contribution in [-0.4, -0.2) is 67.7 Å². The van der Waals surface area contributed by atoms with Gasteiger partial charge < -0.3 is 26.0 Å². The van der Waals surface area contributed by atoms with Crippen molar-refractivity contribution in [3.8, 4) is 17.1 Å². The summed E-state index contributed by atoms with van der Waals surface area (Å²) in [6.45, 7) is 9.56. The summed E-state index contributed by atoms with van der Waals surface area (Å²) in [4.78, 5) is 58.8. The topological polar surface area (TPSA) is 225 Å². The van der Waals surface area contributed by atoms with Crippen molar-refractivity contribution in [1.29, 1.82) is 0 Å². The molecule has 338 valence electrons. The molecule has 6 aromatic rings. The number of aryl methyl sites for hydroxylation is 2. The van der Waals surface area contributed by atoms with Crippen LogP contribution in [0.15, 0.2) is 79.5 Å². The number of para-hydroxylation sites is 1. The van der Waals surface area contributed by atoms with Gasteiger partial charge in [-0.05, 0) is 67.9 Å². The van der Waals surface area contributed by atoms with Gasteiger partial charge in [-0.1, -0.05) is 45.9 Å². The average molecular weight is 904 g/mol. The second-order valence-electron chi connectivity index (χ2n) is 16.4. The summed E-state index contributed by atoms with van der Waals surface area (Å²) in [7, 11) is 3.36. The number of halogens is 1. The van der Waals surface area contributed by atoms with Gasteiger partial charge in [0.2, 0.25) is 11.9 Å². The maximum Gasteiger partial charge on any atom is 0.335 e. The molecule has 17 nitrogen and oxygen atoms in total. The molecular weight excluding hydrogens is 854 g/mol. The number of hydrogen-bond donors (Lipinski definition) is 4. The van der Waals surface area contributed by atoms with Gasteiger partial charge in [-0.2, -0.15) is 17.9 Å². The van der Waals surface area contributed by atoms with Crippen molar-refractivity contribution < 1.29 is 31.9 Å². The minimum Gasteiger partial charge on any atom is -0.494 e. The molecule has 2 aliphatic rings. The molecule has 0 saturated heterocycles. The summed E-state index contributed by atoms with van der Waals surface area (Å²) < 4.78 is 38.3. The van der Waals surface area contributed by atoms with E-state index in [1.54, 1.807) is 68.7 Å². The monoisotopic (exact) mass is 903 g/mol. The molecule has 2 fully saturated rings. The Morgan fingerprint density at radius 2 is 1.51 bits per heavy atom. The molecule has 0 radical (unpaired) electrons. The highest BCUT2D eigenvalue weighted by Gasteiger charge is 2.33. The second kappa shape index (κ2) is 20.9. The lowest BCUT2D eigenvalue weighted by molar-refractivity contribution is -0.117. The van der Waals surface area contributed by atoms with Crippen LogP contribution in [0.5, 0.6) is 5.75 Å². The normalized spacial score (nSPS) is 12.9. The molecule has 4 N–H and O–H groups in total. The number of carbonyl (C=O) groups is 3. The summed E-state index contributed by atoms with van der Waals surface area (Å²) in [5.41, 5.74) is 4.65. The number of nitrogens with zero attached hydrogens (tertiary/aromatic N) is 7. The van der Waals surface area contributed by atoms with Crippen molar-refractivity contribution in [1.82, 2.24) is 34.7 Å². The van der Waals surface area contributed by atoms with Gasteiger partial charge in [0, 0.05) is 61.6 Å². The Balaban J connectivity index is 0.000000203. The molecule has 2 saturated carbocycles. The molecule has 0 unspecified atom stereocenters. The fraction of sp³-hybridized carbons (Fsp3) is 0.326. The zero-order valence-electron chi connectivity index (χ0n) is 37.1. The number of pyridine rings is 4. The summed E-state index contributed by atoms with van der Waals surface area (Å²) in [6.07, 6.45) is 10.3. The number of amides is 1. The lowest BCUT2D eigenvalue weighted by Gasteiger charge is -2.19. The third-order valence-corrected chi connectivity index (χ3v) is 10.3. The Labute approximate surface area is 379 Å². The van der Waals surface area contributed by atoms with Gasteiger partial charge in [-0.3, -0.25) is 19.1 Å². The first-order chi connectivity index (χ1) is 31.1. The molecule has 8 rings (SSSR count). The fourth-order valence-corrected chi connectivity index (χ4v) is 6.58. The Morgan fingerprint density at radius 3 is 2.12 bits per heavy atom. The van der Waals surface area contributed by atoms with E-state index < -0.39 is 17.5 Å². The minimum absolute atomic E-state index is 0.0474. The number of carbonyl (C=O) groups excluding carboxylic acids is 3. The van der Waals surface area contributed by atoms with Crippen LogP contribution in [0.1, 0.15) is 91.6 Å². The van der Waals surface area contributed by atoms with Crippen LogP contribution in [0.25, 0.3) is 11.4 Å². The van der Waals surface area contributed by atoms with Crippen LogP contribution in [0.2, 0.25) is 0 Å². The van der Waals surface area contributed by atoms with Crippen molar-refractivity contribution >= 4 is 69.4 Å². The van der Waals surface area contributed by atoms with Gasteiger partial charge in [0.25, 0.3) is 0 Å². The summed E-state index contributed by atoms with van der Waals surface area (Å²) in [5, 5.41) is 16.8. The lowest BCUT2D eigenvalue weighted by Crippen LogP contribution is -2.15. The van der Waals surface area contributed by atoms with Gasteiger partial charge in [0.15, 0.2) is 23.1 Å². The molecule has 65 heavy (non-hydrogen) atoms. The van der Waals surface area contributed by atoms with Crippen LogP contribution in [0.4, 0.5) is 44.7 Å². The van der Waals surface area contributed by atoms with Crippen molar-refractivity contribution in [2.24, 2.45) is 18.9 Å². The van der Waals surface area contributed by atoms with Gasteiger partial charge in [-0.15, -0.1) is 0 Å². The number of methoxy groups -OCH3 is 1. The number of ketones is 2. The SMILES string of the molecule is CCC(=O)c1cnc(NC(=O)C2CC2)cc1Nc1cccc(-c2ncn(C)n2)c1OC.Cc1cccnc1Nc1cc(Nc2ccc(C(C)(C)C)c(F)n2)ncc1C(=O)C1CC1.O=S=O. The summed E-state index contributed by atoms with van der Waals surface area (Å²) in [6, 6.07) is 16.2. The van der Waals surface area contributed by atoms with E-state index in [1.165, 1.54) is 6.20 Å². The third kappa shape index (κ3) is 12.3. The number of rotatable bonds is 14. The van der Waals surface area contributed by atoms with Crippen molar-refractivity contribution in [3.63, 3.8) is 0 Å². The van der Waals surface area contributed by atoms with Crippen LogP contribution in [0, 0.1) is 24.7 Å². The zero-order valence-corrected chi connectivity index (χ0v) is 37.9. The Hall–Kier alpha value is -7.28. The average Bonchev–Trinajstić information content (AvgIpc) is 4.22. The number of Topliss-reactive ketones (excluding diaryl/α,β-unsaturated/α-hetero) is 2. The smallest absolute Gasteiger partial charge is 0.335 e. The quantitative estimate of drug-likeness (QED) is 0.0593. The summed E-state index contributed by atoms with van der Waals surface area (Å²) >= 11 is -0.750. The maximum atomic E-state index is 14.5. The molecule has 0 aliphatic heterocycles. The van der Waals surface area contributed by atoms with E-state index in [1.807, 2.05) is 58.0 Å². The standard InChI is InChI=1S/C24H26FN5O.C22H24N6O3.O2S/c1-14-6-5-11-26-23(14)28-18-12-20(27-13-16(18)21(31)15-7-8-15)29-19-10-9-17(22(25)30-19)24(2,3)4;1-4-18(29)15-11-23-19(26-22(30)13-8-9-13)10-17(15)25-16-7-5-6-14(20(16)31-3)21-24-12-28(2)27-21;1-3-2/h5-6,9-13,15H,7-8H2,1-4H3,(H2,26,27,28,29,30);5-7,10-13H,4,8-9H2,1-3H3,(H2,23,25,26,30);. The van der Waals surface area contributed by atoms with Crippen LogP contribution < -0.4 is 26.0 Å². The van der Waals surface area contributed by atoms with E-state index in [0.717, 1.165) is 31.2 Å². The van der Waals surface area contributed by atoms with Gasteiger partial charge in [-0.25, -0.2) is 24.9 Å². The number of nitrogens with one attached hydrogen (secondary N) is 4. The van der Waals surface area contributed by atoms with Gasteiger partial charge in [0.05, 0.1) is 40.9 Å². The highest BCUT2D eigenvalue weighted by atomic mass is 32.1. The molecule has 0 bridgehead atoms. The van der Waals surface area contributed by atoms with Crippen molar-refractivity contribution in [3.05, 3.63) is 108 Å². The molecule has 5 aromatic heterocycles. The Kier molecular flexibility index (Phi) is 15.2. The molecule has 0 atom stereocenters. The Morgan fingerprint density at radius 1 is 0.831 bits per heavy atom. The number of benzene rings is 1. The zero-order chi connectivity index (χ0) is 46.8. The molecule has 2 aliphatic carbocycles. The molecular formula is C46H50FN11O6S. The van der Waals surface area contributed by atoms with Crippen molar-refractivity contribution in [2.75, 3.05) is 28.4 Å². The number of hydrogen-bond acceptors (Lipinski definition) is 15. The summed E-state index contributed by atoms with van der Waals surface area (Å²) in [5.74, 6) is 2.52. The molecule has 5 heterocycles. The van der Waals surface area contributed by atoms with E-state index in [4.69, 9.17) is 13.2 Å². The van der Waals surface area contributed by atoms with Crippen LogP contribution >= 0.6 is 0 Å². The Bertz CT molecular complexity index is 2740. The first-order valence-electron chi connectivity index (χ1n) is 20.9. The number of ether oxygens (including phenoxy) is 1. The van der Waals surface area contributed by atoms with Crippen LogP contribution in [0.3, 0.4) is 0 Å². The maximum absolute atomic E-state index is 14.5. The predicted octanol–water partition coefficient (Wildman–Crippen LogP) is 8.60. The van der Waals surface area contributed by atoms with E-state index in [2.05, 4.69) is 51.3 Å². The van der Waals surface area contributed by atoms with Crippen molar-refractivity contribution in [2.45, 2.75) is 72.1 Å². The fourth-order valence-electron chi connectivity index (χ4n) is 6.58. The number of anilines is 7. The molecule has 19 heteroatoms. The largest absolute Gasteiger partial charge is 0.494 e. The second-order valence-corrected chi connectivity index (χ2v) is 16.6. The lowest BCUT2D eigenvalue weighted by atomic mass is 9.88. The first kappa shape index (κ1) is 47.2. The highest BCUT2D eigenvalue weighted by Crippen LogP contribution is 2.39. The van der Waals surface area contributed by atoms with Gasteiger partial charge >= 0.3 is 11.6 Å². The number of aromatic nitrogens is 7. The molecule has 0 spiro atoms. The van der Waals surface area contributed by atoms with E-state index in [9.17, 15) is 18.8 Å². The third-order valence-electron chi connectivity index (χ3n) is 10.3. The predicted molar refractivity (Wildman–Crippen MR) is 245 cm³/mol.